The second kappa shape index (κ2) is 9.15. The number of halogens is 1. The number of anilines is 1. The van der Waals surface area contributed by atoms with Crippen molar-refractivity contribution in [3.63, 3.8) is 0 Å². The number of hydrogen-bond donors (Lipinski definition) is 0. The first-order valence-corrected chi connectivity index (χ1v) is 11.6. The molecule has 2 heterocycles. The van der Waals surface area contributed by atoms with Gasteiger partial charge < -0.3 is 4.42 Å². The summed E-state index contributed by atoms with van der Waals surface area (Å²) in [5.74, 6) is 0.322. The number of carbonyl (C=O) groups excluding carboxylic acids is 1. The van der Waals surface area contributed by atoms with Crippen LogP contribution < -0.4 is 4.90 Å². The lowest BCUT2D eigenvalue weighted by atomic mass is 10.1. The van der Waals surface area contributed by atoms with E-state index in [0.717, 1.165) is 22.5 Å². The molecular formula is C28H21FN2O2S. The molecule has 1 fully saturated rings. The van der Waals surface area contributed by atoms with Gasteiger partial charge in [0.05, 0.1) is 21.8 Å². The average molecular weight is 469 g/mol. The number of aryl methyl sites for hydroxylation is 2. The van der Waals surface area contributed by atoms with Crippen molar-refractivity contribution in [1.82, 2.24) is 0 Å². The first-order valence-electron chi connectivity index (χ1n) is 10.8. The number of amides is 1. The molecule has 1 aromatic heterocycles. The third-order valence-corrected chi connectivity index (χ3v) is 6.37. The van der Waals surface area contributed by atoms with Crippen molar-refractivity contribution in [2.75, 3.05) is 4.90 Å². The monoisotopic (exact) mass is 468 g/mol. The summed E-state index contributed by atoms with van der Waals surface area (Å²) in [5.41, 5.74) is 4.12. The molecule has 0 unspecified atom stereocenters. The highest BCUT2D eigenvalue weighted by Gasteiger charge is 2.35. The average Bonchev–Trinajstić information content (AvgIpc) is 3.41. The molecule has 1 amide bonds. The molecular weight excluding hydrogens is 447 g/mol. The van der Waals surface area contributed by atoms with E-state index >= 15 is 0 Å². The molecule has 0 spiro atoms. The maximum Gasteiger partial charge on any atom is 0.271 e. The van der Waals surface area contributed by atoms with Crippen molar-refractivity contribution in [3.05, 3.63) is 113 Å². The molecule has 6 heteroatoms. The number of amidine groups is 1. The van der Waals surface area contributed by atoms with Crippen LogP contribution in [0.2, 0.25) is 0 Å². The van der Waals surface area contributed by atoms with Crippen LogP contribution in [0.3, 0.4) is 0 Å². The van der Waals surface area contributed by atoms with E-state index in [1.807, 2.05) is 62.4 Å². The standard InChI is InChI=1S/C28H21FN2O2S/c1-18-7-11-20(12-8-18)30-28-31(21-13-9-19(2)10-14-21)27(32)26(34-28)17-22-15-16-25(33-22)23-5-3-4-6-24(23)29/h3-17H,1-2H3. The molecule has 4 aromatic rings. The van der Waals surface area contributed by atoms with Gasteiger partial charge in [-0.25, -0.2) is 9.38 Å². The van der Waals surface area contributed by atoms with E-state index in [0.29, 0.717) is 27.2 Å². The molecule has 168 valence electrons. The zero-order valence-electron chi connectivity index (χ0n) is 18.7. The van der Waals surface area contributed by atoms with Gasteiger partial charge in [0.15, 0.2) is 5.17 Å². The van der Waals surface area contributed by atoms with Crippen LogP contribution in [-0.2, 0) is 4.79 Å². The van der Waals surface area contributed by atoms with Crippen molar-refractivity contribution in [1.29, 1.82) is 0 Å². The fourth-order valence-corrected chi connectivity index (χ4v) is 4.55. The number of carbonyl (C=O) groups is 1. The molecule has 0 N–H and O–H groups in total. The number of hydrogen-bond acceptors (Lipinski definition) is 4. The van der Waals surface area contributed by atoms with Gasteiger partial charge in [-0.2, -0.15) is 0 Å². The van der Waals surface area contributed by atoms with Crippen molar-refractivity contribution in [3.8, 4) is 11.3 Å². The molecule has 0 bridgehead atoms. The molecule has 0 saturated carbocycles. The van der Waals surface area contributed by atoms with Gasteiger partial charge in [0.25, 0.3) is 5.91 Å². The molecule has 34 heavy (non-hydrogen) atoms. The largest absolute Gasteiger partial charge is 0.457 e. The van der Waals surface area contributed by atoms with Crippen LogP contribution in [0.15, 0.2) is 99.2 Å². The van der Waals surface area contributed by atoms with Crippen molar-refractivity contribution >= 4 is 40.3 Å². The maximum absolute atomic E-state index is 14.1. The fraction of sp³-hybridized carbons (Fsp3) is 0.0714. The molecule has 5 rings (SSSR count). The normalized spacial score (nSPS) is 16.1. The molecule has 0 atom stereocenters. The van der Waals surface area contributed by atoms with Gasteiger partial charge in [-0.15, -0.1) is 0 Å². The number of nitrogens with zero attached hydrogens (tertiary/aromatic N) is 2. The Labute approximate surface area is 201 Å². The Morgan fingerprint density at radius 2 is 1.56 bits per heavy atom. The lowest BCUT2D eigenvalue weighted by Gasteiger charge is -2.16. The molecule has 4 nitrogen and oxygen atoms in total. The van der Waals surface area contributed by atoms with Gasteiger partial charge in [0.1, 0.15) is 17.3 Å². The first kappa shape index (κ1) is 21.9. The number of aliphatic imine (C=N–C) groups is 1. The summed E-state index contributed by atoms with van der Waals surface area (Å²) in [6.45, 7) is 4.02. The lowest BCUT2D eigenvalue weighted by molar-refractivity contribution is -0.113. The van der Waals surface area contributed by atoms with Crippen molar-refractivity contribution in [2.24, 2.45) is 4.99 Å². The molecule has 0 aliphatic carbocycles. The van der Waals surface area contributed by atoms with Crippen LogP contribution >= 0.6 is 11.8 Å². The second-order valence-corrected chi connectivity index (χ2v) is 9.01. The Kier molecular flexibility index (Phi) is 5.90. The Hall–Kier alpha value is -3.90. The molecule has 1 aliphatic heterocycles. The Bertz CT molecular complexity index is 1420. The van der Waals surface area contributed by atoms with Crippen molar-refractivity contribution in [2.45, 2.75) is 13.8 Å². The van der Waals surface area contributed by atoms with E-state index < -0.39 is 0 Å². The molecule has 0 radical (unpaired) electrons. The smallest absolute Gasteiger partial charge is 0.271 e. The van der Waals surface area contributed by atoms with Crippen LogP contribution in [0, 0.1) is 19.7 Å². The van der Waals surface area contributed by atoms with Crippen LogP contribution in [0.5, 0.6) is 0 Å². The van der Waals surface area contributed by atoms with Crippen LogP contribution in [0.1, 0.15) is 16.9 Å². The zero-order valence-corrected chi connectivity index (χ0v) is 19.5. The third kappa shape index (κ3) is 4.45. The fourth-order valence-electron chi connectivity index (χ4n) is 3.57. The summed E-state index contributed by atoms with van der Waals surface area (Å²) in [6.07, 6.45) is 1.68. The molecule has 3 aromatic carbocycles. The minimum absolute atomic E-state index is 0.191. The highest BCUT2D eigenvalue weighted by molar-refractivity contribution is 8.19. The number of furan rings is 1. The van der Waals surface area contributed by atoms with Crippen LogP contribution in [0.25, 0.3) is 17.4 Å². The Morgan fingerprint density at radius 3 is 2.26 bits per heavy atom. The highest BCUT2D eigenvalue weighted by Crippen LogP contribution is 2.38. The molecule has 1 aliphatic rings. The molecule has 1 saturated heterocycles. The van der Waals surface area contributed by atoms with Gasteiger partial charge in [0.2, 0.25) is 0 Å². The maximum atomic E-state index is 14.1. The SMILES string of the molecule is Cc1ccc(N=C2SC(=Cc3ccc(-c4ccccc4F)o3)C(=O)N2c2ccc(C)cc2)cc1. The van der Waals surface area contributed by atoms with E-state index in [9.17, 15) is 9.18 Å². The zero-order chi connectivity index (χ0) is 23.7. The number of rotatable bonds is 4. The van der Waals surface area contributed by atoms with E-state index in [4.69, 9.17) is 9.41 Å². The van der Waals surface area contributed by atoms with Gasteiger partial charge in [-0.05, 0) is 74.1 Å². The highest BCUT2D eigenvalue weighted by atomic mass is 32.2. The summed E-state index contributed by atoms with van der Waals surface area (Å²) in [6, 6.07) is 25.4. The summed E-state index contributed by atoms with van der Waals surface area (Å²) in [4.78, 5) is 20.3. The first-order chi connectivity index (χ1) is 16.5. The van der Waals surface area contributed by atoms with Gasteiger partial charge in [-0.3, -0.25) is 9.69 Å². The third-order valence-electron chi connectivity index (χ3n) is 5.40. The van der Waals surface area contributed by atoms with Gasteiger partial charge in [0, 0.05) is 6.08 Å². The van der Waals surface area contributed by atoms with Crippen molar-refractivity contribution < 1.29 is 13.6 Å². The predicted molar refractivity (Wildman–Crippen MR) is 137 cm³/mol. The topological polar surface area (TPSA) is 45.8 Å². The van der Waals surface area contributed by atoms with Gasteiger partial charge >= 0.3 is 0 Å². The minimum Gasteiger partial charge on any atom is -0.457 e. The Morgan fingerprint density at radius 1 is 0.882 bits per heavy atom. The minimum atomic E-state index is -0.361. The van der Waals surface area contributed by atoms with E-state index in [1.54, 1.807) is 41.3 Å². The quantitative estimate of drug-likeness (QED) is 0.291. The van der Waals surface area contributed by atoms with Crippen LogP contribution in [0.4, 0.5) is 15.8 Å². The van der Waals surface area contributed by atoms with E-state index in [-0.39, 0.29) is 11.7 Å². The predicted octanol–water partition coefficient (Wildman–Crippen LogP) is 7.51. The summed E-state index contributed by atoms with van der Waals surface area (Å²) >= 11 is 1.28. The second-order valence-electron chi connectivity index (χ2n) is 8.00. The summed E-state index contributed by atoms with van der Waals surface area (Å²) < 4.78 is 20.0. The van der Waals surface area contributed by atoms with Crippen LogP contribution in [-0.4, -0.2) is 11.1 Å². The lowest BCUT2D eigenvalue weighted by Crippen LogP contribution is -2.28. The van der Waals surface area contributed by atoms with E-state index in [1.165, 1.54) is 17.8 Å². The number of benzene rings is 3. The van der Waals surface area contributed by atoms with Gasteiger partial charge in [-0.1, -0.05) is 47.5 Å². The summed E-state index contributed by atoms with van der Waals surface area (Å²) in [7, 11) is 0. The number of thioether (sulfide) groups is 1. The summed E-state index contributed by atoms with van der Waals surface area (Å²) in [5, 5.41) is 0.560. The Balaban J connectivity index is 1.52. The van der Waals surface area contributed by atoms with E-state index in [2.05, 4.69) is 0 Å².